The van der Waals surface area contributed by atoms with Crippen LogP contribution in [0.4, 0.5) is 0 Å². The van der Waals surface area contributed by atoms with E-state index in [1.165, 1.54) is 49.7 Å². The highest BCUT2D eigenvalue weighted by Gasteiger charge is 2.17. The largest absolute Gasteiger partial charge is 0.326 e. The van der Waals surface area contributed by atoms with Crippen LogP contribution < -0.4 is 5.73 Å². The molecule has 0 spiro atoms. The van der Waals surface area contributed by atoms with Gasteiger partial charge in [-0.2, -0.15) is 0 Å². The minimum Gasteiger partial charge on any atom is -0.326 e. The minimum atomic E-state index is 0.648. The van der Waals surface area contributed by atoms with E-state index in [4.69, 9.17) is 5.73 Å². The van der Waals surface area contributed by atoms with Gasteiger partial charge in [0.2, 0.25) is 0 Å². The summed E-state index contributed by atoms with van der Waals surface area (Å²) in [5, 5.41) is 0. The molecule has 0 radical (unpaired) electrons. The van der Waals surface area contributed by atoms with Gasteiger partial charge in [0.15, 0.2) is 0 Å². The Kier molecular flexibility index (Phi) is 5.21. The zero-order valence-electron chi connectivity index (χ0n) is 11.6. The van der Waals surface area contributed by atoms with Crippen molar-refractivity contribution in [3.05, 3.63) is 35.4 Å². The molecule has 2 nitrogen and oxygen atoms in total. The van der Waals surface area contributed by atoms with Crippen LogP contribution in [0.2, 0.25) is 0 Å². The van der Waals surface area contributed by atoms with E-state index in [1.54, 1.807) is 0 Å². The molecule has 0 bridgehead atoms. The van der Waals surface area contributed by atoms with Crippen molar-refractivity contribution in [1.82, 2.24) is 4.90 Å². The fourth-order valence-electron chi connectivity index (χ4n) is 3.01. The van der Waals surface area contributed by atoms with Gasteiger partial charge in [-0.25, -0.2) is 0 Å². The topological polar surface area (TPSA) is 29.3 Å². The molecule has 0 aliphatic heterocycles. The first-order chi connectivity index (χ1) is 8.81. The molecule has 0 atom stereocenters. The molecule has 100 valence electrons. The lowest BCUT2D eigenvalue weighted by molar-refractivity contribution is 0.212. The van der Waals surface area contributed by atoms with Crippen LogP contribution in [0.25, 0.3) is 0 Å². The van der Waals surface area contributed by atoms with Crippen LogP contribution in [-0.4, -0.2) is 18.0 Å². The second kappa shape index (κ2) is 6.91. The number of hydrogen-bond acceptors (Lipinski definition) is 2. The van der Waals surface area contributed by atoms with Crippen molar-refractivity contribution < 1.29 is 0 Å². The van der Waals surface area contributed by atoms with Crippen molar-refractivity contribution in [2.45, 2.75) is 57.7 Å². The van der Waals surface area contributed by atoms with Crippen LogP contribution in [-0.2, 0) is 13.1 Å². The Morgan fingerprint density at radius 1 is 1.06 bits per heavy atom. The highest BCUT2D eigenvalue weighted by Crippen LogP contribution is 2.22. The predicted octanol–water partition coefficient (Wildman–Crippen LogP) is 3.30. The Hall–Kier alpha value is -0.860. The van der Waals surface area contributed by atoms with E-state index in [1.807, 2.05) is 0 Å². The Morgan fingerprint density at radius 2 is 1.67 bits per heavy atom. The third kappa shape index (κ3) is 3.56. The first kappa shape index (κ1) is 13.6. The molecule has 0 unspecified atom stereocenters. The third-order valence-corrected chi connectivity index (χ3v) is 4.21. The van der Waals surface area contributed by atoms with Gasteiger partial charge in [-0.15, -0.1) is 0 Å². The van der Waals surface area contributed by atoms with Crippen LogP contribution in [0.1, 0.15) is 49.7 Å². The summed E-state index contributed by atoms with van der Waals surface area (Å²) in [5.41, 5.74) is 8.50. The average Bonchev–Trinajstić information content (AvgIpc) is 2.68. The highest BCUT2D eigenvalue weighted by molar-refractivity contribution is 5.26. The van der Waals surface area contributed by atoms with Crippen LogP contribution in [0.3, 0.4) is 0 Å². The Labute approximate surface area is 111 Å². The van der Waals surface area contributed by atoms with Crippen LogP contribution in [0.15, 0.2) is 24.3 Å². The average molecular weight is 246 g/mol. The van der Waals surface area contributed by atoms with Gasteiger partial charge in [-0.3, -0.25) is 4.90 Å². The second-order valence-electron chi connectivity index (χ2n) is 5.53. The van der Waals surface area contributed by atoms with E-state index in [9.17, 15) is 0 Å². The standard InChI is InChI=1S/C16H26N2/c1-18(16-10-4-2-3-5-11-16)13-15-9-7-6-8-14(15)12-17/h6-9,16H,2-5,10-13,17H2,1H3. The number of rotatable bonds is 4. The van der Waals surface area contributed by atoms with Crippen molar-refractivity contribution in [1.29, 1.82) is 0 Å². The quantitative estimate of drug-likeness (QED) is 0.826. The summed E-state index contributed by atoms with van der Waals surface area (Å²) >= 11 is 0. The van der Waals surface area contributed by atoms with Gasteiger partial charge in [-0.1, -0.05) is 49.9 Å². The molecule has 1 aliphatic carbocycles. The molecule has 0 heterocycles. The molecule has 1 fully saturated rings. The fraction of sp³-hybridized carbons (Fsp3) is 0.625. The van der Waals surface area contributed by atoms with E-state index < -0.39 is 0 Å². The van der Waals surface area contributed by atoms with E-state index in [0.717, 1.165) is 12.6 Å². The van der Waals surface area contributed by atoms with E-state index in [0.29, 0.717) is 6.54 Å². The Morgan fingerprint density at radius 3 is 2.28 bits per heavy atom. The SMILES string of the molecule is CN(Cc1ccccc1CN)C1CCCCCC1. The van der Waals surface area contributed by atoms with Gasteiger partial charge in [0.1, 0.15) is 0 Å². The van der Waals surface area contributed by atoms with Gasteiger partial charge in [-0.05, 0) is 31.0 Å². The summed E-state index contributed by atoms with van der Waals surface area (Å²) < 4.78 is 0. The number of nitrogens with two attached hydrogens (primary N) is 1. The number of nitrogens with zero attached hydrogens (tertiary/aromatic N) is 1. The minimum absolute atomic E-state index is 0.648. The van der Waals surface area contributed by atoms with Crippen molar-refractivity contribution in [3.8, 4) is 0 Å². The zero-order valence-corrected chi connectivity index (χ0v) is 11.6. The molecule has 1 saturated carbocycles. The van der Waals surface area contributed by atoms with E-state index in [2.05, 4.69) is 36.2 Å². The highest BCUT2D eigenvalue weighted by atomic mass is 15.1. The fourth-order valence-corrected chi connectivity index (χ4v) is 3.01. The van der Waals surface area contributed by atoms with Gasteiger partial charge < -0.3 is 5.73 Å². The van der Waals surface area contributed by atoms with Crippen LogP contribution in [0, 0.1) is 0 Å². The third-order valence-electron chi connectivity index (χ3n) is 4.21. The maximum absolute atomic E-state index is 5.81. The normalized spacial score (nSPS) is 17.9. The molecule has 2 rings (SSSR count). The van der Waals surface area contributed by atoms with Crippen LogP contribution in [0.5, 0.6) is 0 Å². The molecule has 1 aromatic carbocycles. The molecule has 1 aromatic rings. The summed E-state index contributed by atoms with van der Waals surface area (Å²) in [6.45, 7) is 1.69. The molecule has 18 heavy (non-hydrogen) atoms. The molecule has 2 heteroatoms. The van der Waals surface area contributed by atoms with Crippen molar-refractivity contribution in [3.63, 3.8) is 0 Å². The Balaban J connectivity index is 1.98. The zero-order chi connectivity index (χ0) is 12.8. The summed E-state index contributed by atoms with van der Waals surface area (Å²) in [7, 11) is 2.27. The lowest BCUT2D eigenvalue weighted by Gasteiger charge is -2.27. The molecule has 1 aliphatic rings. The van der Waals surface area contributed by atoms with Gasteiger partial charge in [0.05, 0.1) is 0 Å². The molecule has 0 saturated heterocycles. The number of hydrogen-bond donors (Lipinski definition) is 1. The molecular weight excluding hydrogens is 220 g/mol. The van der Waals surface area contributed by atoms with E-state index in [-0.39, 0.29) is 0 Å². The lowest BCUT2D eigenvalue weighted by Crippen LogP contribution is -2.31. The predicted molar refractivity (Wildman–Crippen MR) is 77.3 cm³/mol. The van der Waals surface area contributed by atoms with Gasteiger partial charge in [0.25, 0.3) is 0 Å². The monoisotopic (exact) mass is 246 g/mol. The lowest BCUT2D eigenvalue weighted by atomic mass is 10.0. The molecule has 2 N–H and O–H groups in total. The van der Waals surface area contributed by atoms with Crippen LogP contribution >= 0.6 is 0 Å². The number of benzene rings is 1. The first-order valence-electron chi connectivity index (χ1n) is 7.28. The molecule has 0 amide bonds. The Bertz CT molecular complexity index is 354. The van der Waals surface area contributed by atoms with Crippen molar-refractivity contribution in [2.24, 2.45) is 5.73 Å². The van der Waals surface area contributed by atoms with Gasteiger partial charge in [0, 0.05) is 19.1 Å². The summed E-state index contributed by atoms with van der Waals surface area (Å²) in [6.07, 6.45) is 8.36. The smallest absolute Gasteiger partial charge is 0.0236 e. The maximum atomic E-state index is 5.81. The van der Waals surface area contributed by atoms with Crippen molar-refractivity contribution in [2.75, 3.05) is 7.05 Å². The van der Waals surface area contributed by atoms with Gasteiger partial charge >= 0.3 is 0 Å². The summed E-state index contributed by atoms with van der Waals surface area (Å²) in [4.78, 5) is 2.53. The van der Waals surface area contributed by atoms with E-state index >= 15 is 0 Å². The van der Waals surface area contributed by atoms with Crippen molar-refractivity contribution >= 4 is 0 Å². The second-order valence-corrected chi connectivity index (χ2v) is 5.53. The summed E-state index contributed by atoms with van der Waals surface area (Å²) in [5.74, 6) is 0. The maximum Gasteiger partial charge on any atom is 0.0236 e. The first-order valence-corrected chi connectivity index (χ1v) is 7.28. The molecule has 0 aromatic heterocycles. The summed E-state index contributed by atoms with van der Waals surface area (Å²) in [6, 6.07) is 9.33. The molecular formula is C16H26N2.